The van der Waals surface area contributed by atoms with Gasteiger partial charge in [0.25, 0.3) is 0 Å². The van der Waals surface area contributed by atoms with E-state index in [2.05, 4.69) is 22.1 Å². The summed E-state index contributed by atoms with van der Waals surface area (Å²) in [6, 6.07) is 6.60. The summed E-state index contributed by atoms with van der Waals surface area (Å²) in [5.74, 6) is 5.62. The lowest BCUT2D eigenvalue weighted by Gasteiger charge is -2.03. The van der Waals surface area contributed by atoms with E-state index in [9.17, 15) is 9.18 Å². The minimum atomic E-state index is -0.245. The van der Waals surface area contributed by atoms with Gasteiger partial charge in [-0.15, -0.1) is 11.3 Å². The Morgan fingerprint density at radius 2 is 1.96 bits per heavy atom. The summed E-state index contributed by atoms with van der Waals surface area (Å²) < 4.78 is 12.6. The van der Waals surface area contributed by atoms with Gasteiger partial charge in [-0.25, -0.2) is 9.37 Å². The number of aryl methyl sites for hydroxylation is 1. The molecule has 3 nitrogen and oxygen atoms in total. The summed E-state index contributed by atoms with van der Waals surface area (Å²) in [6.45, 7) is 1.99. The van der Waals surface area contributed by atoms with E-state index in [0.717, 1.165) is 21.9 Å². The molecule has 23 heavy (non-hydrogen) atoms. The summed E-state index contributed by atoms with van der Waals surface area (Å²) in [4.78, 5) is 15.1. The number of nitrogens with zero attached hydrogens (tertiary/aromatic N) is 1. The molecule has 0 unspecified atom stereocenters. The third kappa shape index (κ3) is 6.21. The maximum absolute atomic E-state index is 12.6. The summed E-state index contributed by atoms with van der Waals surface area (Å²) in [7, 11) is 0. The quantitative estimate of drug-likeness (QED) is 0.674. The van der Waals surface area contributed by atoms with Crippen molar-refractivity contribution >= 4 is 17.7 Å². The molecular weight excluding hydrogens is 311 g/mol. The minimum absolute atomic E-state index is 0.245. The standard InChI is InChI=1S/C12H8FNS.C6H11NO/c1-9-8-14-12(15-9)7-4-10-2-5-11(13)6-3-10;8-5-7-6-3-1-2-4-6/h2-3,5-6,8H,1H3;5-6H,1-4H2,(H,7,8). The number of amides is 1. The molecule has 1 heterocycles. The van der Waals surface area contributed by atoms with Gasteiger partial charge in [-0.05, 0) is 50.0 Å². The van der Waals surface area contributed by atoms with Gasteiger partial charge in [-0.3, -0.25) is 4.79 Å². The van der Waals surface area contributed by atoms with Gasteiger partial charge < -0.3 is 5.32 Å². The Hall–Kier alpha value is -2.19. The first-order valence-corrected chi connectivity index (χ1v) is 8.39. The SMILES string of the molecule is Cc1cnc(C#Cc2ccc(F)cc2)s1.O=CNC1CCCC1. The first-order chi connectivity index (χ1) is 11.2. The highest BCUT2D eigenvalue weighted by Crippen LogP contribution is 2.16. The van der Waals surface area contributed by atoms with Crippen LogP contribution in [0.2, 0.25) is 0 Å². The second-order valence-electron chi connectivity index (χ2n) is 5.30. The zero-order chi connectivity index (χ0) is 16.5. The fraction of sp³-hybridized carbons (Fsp3) is 0.333. The normalized spacial score (nSPS) is 13.5. The molecule has 2 aromatic rings. The Morgan fingerprint density at radius 1 is 1.26 bits per heavy atom. The Morgan fingerprint density at radius 3 is 2.52 bits per heavy atom. The van der Waals surface area contributed by atoms with Crippen molar-refractivity contribution in [3.05, 3.63) is 51.7 Å². The average Bonchev–Trinajstić information content (AvgIpc) is 3.20. The number of halogens is 1. The van der Waals surface area contributed by atoms with Crippen molar-refractivity contribution in [3.63, 3.8) is 0 Å². The minimum Gasteiger partial charge on any atom is -0.356 e. The van der Waals surface area contributed by atoms with Crippen LogP contribution in [0.5, 0.6) is 0 Å². The molecule has 1 N–H and O–H groups in total. The molecule has 1 saturated carbocycles. The molecular formula is C18H19FN2OS. The van der Waals surface area contributed by atoms with Crippen molar-refractivity contribution in [1.82, 2.24) is 10.3 Å². The Balaban J connectivity index is 0.000000203. The maximum Gasteiger partial charge on any atom is 0.207 e. The number of carbonyl (C=O) groups excluding carboxylic acids is 1. The van der Waals surface area contributed by atoms with Crippen LogP contribution in [0.4, 0.5) is 4.39 Å². The second-order valence-corrected chi connectivity index (χ2v) is 6.53. The highest BCUT2D eigenvalue weighted by atomic mass is 32.1. The smallest absolute Gasteiger partial charge is 0.207 e. The molecule has 0 bridgehead atoms. The number of thiazole rings is 1. The van der Waals surface area contributed by atoms with Crippen LogP contribution in [0.3, 0.4) is 0 Å². The Bertz CT molecular complexity index is 679. The third-order valence-corrected chi connectivity index (χ3v) is 4.27. The van der Waals surface area contributed by atoms with Crippen molar-refractivity contribution in [2.45, 2.75) is 38.6 Å². The van der Waals surface area contributed by atoms with Gasteiger partial charge in [0.2, 0.25) is 6.41 Å². The number of aromatic nitrogens is 1. The van der Waals surface area contributed by atoms with E-state index < -0.39 is 0 Å². The van der Waals surface area contributed by atoms with Crippen molar-refractivity contribution in [2.75, 3.05) is 0 Å². The molecule has 3 rings (SSSR count). The largest absolute Gasteiger partial charge is 0.356 e. The Labute approximate surface area is 140 Å². The molecule has 0 aliphatic heterocycles. The first-order valence-electron chi connectivity index (χ1n) is 7.57. The van der Waals surface area contributed by atoms with Crippen LogP contribution in [0.1, 0.15) is 41.1 Å². The number of hydrogen-bond acceptors (Lipinski definition) is 3. The molecule has 0 saturated heterocycles. The second kappa shape index (κ2) is 9.06. The lowest BCUT2D eigenvalue weighted by molar-refractivity contribution is -0.110. The van der Waals surface area contributed by atoms with Crippen LogP contribution >= 0.6 is 11.3 Å². The number of benzene rings is 1. The summed E-state index contributed by atoms with van der Waals surface area (Å²) in [5, 5.41) is 3.55. The van der Waals surface area contributed by atoms with Crippen LogP contribution in [-0.4, -0.2) is 17.4 Å². The highest BCUT2D eigenvalue weighted by molar-refractivity contribution is 7.12. The van der Waals surface area contributed by atoms with Crippen molar-refractivity contribution in [3.8, 4) is 11.8 Å². The van der Waals surface area contributed by atoms with E-state index in [4.69, 9.17) is 0 Å². The lowest BCUT2D eigenvalue weighted by Crippen LogP contribution is -2.23. The fourth-order valence-corrected chi connectivity index (χ4v) is 2.88. The van der Waals surface area contributed by atoms with E-state index in [1.165, 1.54) is 37.8 Å². The molecule has 1 aliphatic carbocycles. The predicted molar refractivity (Wildman–Crippen MR) is 90.7 cm³/mol. The molecule has 120 valence electrons. The van der Waals surface area contributed by atoms with Gasteiger partial charge >= 0.3 is 0 Å². The topological polar surface area (TPSA) is 42.0 Å². The molecule has 1 aromatic carbocycles. The van der Waals surface area contributed by atoms with E-state index >= 15 is 0 Å². The van der Waals surface area contributed by atoms with Gasteiger partial charge in [0, 0.05) is 22.7 Å². The summed E-state index contributed by atoms with van der Waals surface area (Å²) in [6.07, 6.45) is 7.52. The first kappa shape index (κ1) is 17.2. The summed E-state index contributed by atoms with van der Waals surface area (Å²) in [5.41, 5.74) is 0.796. The maximum atomic E-state index is 12.6. The van der Waals surface area contributed by atoms with Gasteiger partial charge in [0.1, 0.15) is 5.82 Å². The fourth-order valence-electron chi connectivity index (χ4n) is 2.26. The molecule has 0 radical (unpaired) electrons. The highest BCUT2D eigenvalue weighted by Gasteiger charge is 2.12. The monoisotopic (exact) mass is 330 g/mol. The van der Waals surface area contributed by atoms with E-state index in [1.54, 1.807) is 29.7 Å². The van der Waals surface area contributed by atoms with Gasteiger partial charge in [-0.2, -0.15) is 0 Å². The van der Waals surface area contributed by atoms with Crippen molar-refractivity contribution in [1.29, 1.82) is 0 Å². The van der Waals surface area contributed by atoms with E-state index in [0.29, 0.717) is 6.04 Å². The molecule has 1 aliphatic rings. The van der Waals surface area contributed by atoms with Gasteiger partial charge in [0.15, 0.2) is 5.01 Å². The number of nitrogens with one attached hydrogen (secondary N) is 1. The van der Waals surface area contributed by atoms with Crippen molar-refractivity contribution in [2.24, 2.45) is 0 Å². The van der Waals surface area contributed by atoms with Crippen LogP contribution < -0.4 is 5.32 Å². The van der Waals surface area contributed by atoms with Gasteiger partial charge in [0.05, 0.1) is 0 Å². The third-order valence-electron chi connectivity index (χ3n) is 3.44. The van der Waals surface area contributed by atoms with Crippen LogP contribution in [0.15, 0.2) is 30.5 Å². The Kier molecular flexibility index (Phi) is 6.76. The van der Waals surface area contributed by atoms with Crippen LogP contribution in [-0.2, 0) is 4.79 Å². The zero-order valence-electron chi connectivity index (χ0n) is 13.0. The number of hydrogen-bond donors (Lipinski definition) is 1. The summed E-state index contributed by atoms with van der Waals surface area (Å²) >= 11 is 1.55. The molecule has 1 fully saturated rings. The van der Waals surface area contributed by atoms with Crippen molar-refractivity contribution < 1.29 is 9.18 Å². The average molecular weight is 330 g/mol. The number of carbonyl (C=O) groups is 1. The molecule has 5 heteroatoms. The van der Waals surface area contributed by atoms with Gasteiger partial charge in [-0.1, -0.05) is 18.8 Å². The molecule has 1 amide bonds. The molecule has 0 spiro atoms. The lowest BCUT2D eigenvalue weighted by atomic mass is 10.2. The zero-order valence-corrected chi connectivity index (χ0v) is 13.8. The van der Waals surface area contributed by atoms with Crippen LogP contribution in [0.25, 0.3) is 0 Å². The molecule has 1 aromatic heterocycles. The number of rotatable bonds is 2. The molecule has 0 atom stereocenters. The van der Waals surface area contributed by atoms with Crippen LogP contribution in [0, 0.1) is 24.6 Å². The van der Waals surface area contributed by atoms with E-state index in [-0.39, 0.29) is 5.82 Å². The predicted octanol–water partition coefficient (Wildman–Crippen LogP) is 3.67. The van der Waals surface area contributed by atoms with E-state index in [1.807, 2.05) is 6.92 Å².